The van der Waals surface area contributed by atoms with Crippen molar-refractivity contribution in [3.63, 3.8) is 0 Å². The van der Waals surface area contributed by atoms with Crippen LogP contribution in [0.15, 0.2) is 42.5 Å². The number of hydrogen-bond donors (Lipinski definition) is 0. The monoisotopic (exact) mass is 407 g/mol. The molecule has 2 aliphatic heterocycles. The van der Waals surface area contributed by atoms with Crippen molar-refractivity contribution < 1.29 is 0 Å². The van der Waals surface area contributed by atoms with E-state index in [2.05, 4.69) is 60.9 Å². The zero-order valence-corrected chi connectivity index (χ0v) is 18.4. The summed E-state index contributed by atoms with van der Waals surface area (Å²) in [5.74, 6) is 0.579. The highest BCUT2D eigenvalue weighted by Gasteiger charge is 2.44. The van der Waals surface area contributed by atoms with E-state index in [0.717, 1.165) is 25.3 Å². The lowest BCUT2D eigenvalue weighted by Crippen LogP contribution is -2.41. The minimum atomic E-state index is 0.383. The quantitative estimate of drug-likeness (QED) is 0.604. The molecule has 0 unspecified atom stereocenters. The third-order valence-electron chi connectivity index (χ3n) is 6.92. The minimum Gasteiger partial charge on any atom is -0.371 e. The molecule has 2 heterocycles. The van der Waals surface area contributed by atoms with Crippen molar-refractivity contribution in [1.29, 1.82) is 5.26 Å². The van der Waals surface area contributed by atoms with Crippen LogP contribution in [0.3, 0.4) is 0 Å². The second-order valence-corrected chi connectivity index (χ2v) is 9.60. The molecular formula is C25H30ClN3. The van der Waals surface area contributed by atoms with E-state index >= 15 is 0 Å². The van der Waals surface area contributed by atoms with Crippen molar-refractivity contribution in [2.75, 3.05) is 29.4 Å². The van der Waals surface area contributed by atoms with Gasteiger partial charge in [-0.25, -0.2) is 0 Å². The summed E-state index contributed by atoms with van der Waals surface area (Å²) in [7, 11) is 0. The average molecular weight is 408 g/mol. The summed E-state index contributed by atoms with van der Waals surface area (Å²) in [5.41, 5.74) is 4.84. The van der Waals surface area contributed by atoms with E-state index in [-0.39, 0.29) is 0 Å². The predicted molar refractivity (Wildman–Crippen MR) is 122 cm³/mol. The molecule has 0 amide bonds. The molecule has 0 bridgehead atoms. The van der Waals surface area contributed by atoms with Gasteiger partial charge in [-0.15, -0.1) is 0 Å². The van der Waals surface area contributed by atoms with Gasteiger partial charge in [-0.05, 0) is 73.4 Å². The standard InChI is InChI=1S/C25H30ClN3/c1-18(2)20-4-7-22(8-5-20)28-12-10-25(11-13-28)15-19(3)29(17-25)23-9-6-21(16-27)24(26)14-23/h4-9,14,18-19H,10-13,15,17H2,1-3H3/t19-/m0/s1. The van der Waals surface area contributed by atoms with E-state index in [1.165, 1.54) is 30.5 Å². The molecule has 2 saturated heterocycles. The molecule has 1 spiro atoms. The summed E-state index contributed by atoms with van der Waals surface area (Å²) in [4.78, 5) is 5.03. The molecule has 0 saturated carbocycles. The lowest BCUT2D eigenvalue weighted by Gasteiger charge is -2.40. The van der Waals surface area contributed by atoms with E-state index < -0.39 is 0 Å². The largest absolute Gasteiger partial charge is 0.371 e. The lowest BCUT2D eigenvalue weighted by molar-refractivity contribution is 0.245. The van der Waals surface area contributed by atoms with E-state index in [4.69, 9.17) is 16.9 Å². The van der Waals surface area contributed by atoms with Crippen molar-refractivity contribution in [3.8, 4) is 6.07 Å². The van der Waals surface area contributed by atoms with Crippen molar-refractivity contribution in [3.05, 3.63) is 58.6 Å². The highest BCUT2D eigenvalue weighted by molar-refractivity contribution is 6.32. The van der Waals surface area contributed by atoms with Crippen LogP contribution in [0.1, 0.15) is 57.1 Å². The predicted octanol–water partition coefficient (Wildman–Crippen LogP) is 6.22. The third-order valence-corrected chi connectivity index (χ3v) is 7.23. The van der Waals surface area contributed by atoms with Crippen LogP contribution >= 0.6 is 11.6 Å². The number of anilines is 2. The van der Waals surface area contributed by atoms with Crippen molar-refractivity contribution in [2.45, 2.75) is 52.0 Å². The van der Waals surface area contributed by atoms with Gasteiger partial charge in [0.1, 0.15) is 6.07 Å². The highest BCUT2D eigenvalue weighted by Crippen LogP contribution is 2.46. The van der Waals surface area contributed by atoms with Gasteiger partial charge in [-0.1, -0.05) is 37.6 Å². The summed E-state index contributed by atoms with van der Waals surface area (Å²) in [6, 6.07) is 17.6. The molecule has 3 nitrogen and oxygen atoms in total. The second kappa shape index (κ2) is 7.92. The number of halogens is 1. The van der Waals surface area contributed by atoms with Crippen LogP contribution in [0.25, 0.3) is 0 Å². The molecule has 2 aromatic rings. The summed E-state index contributed by atoms with van der Waals surface area (Å²) >= 11 is 6.29. The van der Waals surface area contributed by atoms with Gasteiger partial charge < -0.3 is 9.80 Å². The summed E-state index contributed by atoms with van der Waals surface area (Å²) < 4.78 is 0. The Morgan fingerprint density at radius 2 is 1.72 bits per heavy atom. The van der Waals surface area contributed by atoms with Gasteiger partial charge in [0.2, 0.25) is 0 Å². The molecular weight excluding hydrogens is 378 g/mol. The van der Waals surface area contributed by atoms with Gasteiger partial charge >= 0.3 is 0 Å². The zero-order valence-electron chi connectivity index (χ0n) is 17.7. The molecule has 0 aliphatic carbocycles. The number of nitriles is 1. The molecule has 2 fully saturated rings. The number of benzene rings is 2. The maximum atomic E-state index is 9.13. The van der Waals surface area contributed by atoms with Crippen molar-refractivity contribution >= 4 is 23.0 Å². The Morgan fingerprint density at radius 3 is 2.31 bits per heavy atom. The van der Waals surface area contributed by atoms with Gasteiger partial charge in [0.15, 0.2) is 0 Å². The molecule has 152 valence electrons. The van der Waals surface area contributed by atoms with Gasteiger partial charge in [-0.2, -0.15) is 5.26 Å². The molecule has 0 aromatic heterocycles. The summed E-state index contributed by atoms with van der Waals surface area (Å²) in [5, 5.41) is 9.69. The SMILES string of the molecule is CC(C)c1ccc(N2CCC3(CC2)C[C@H](C)N(c2ccc(C#N)c(Cl)c2)C3)cc1. The van der Waals surface area contributed by atoms with E-state index in [1.54, 1.807) is 0 Å². The number of hydrogen-bond acceptors (Lipinski definition) is 3. The van der Waals surface area contributed by atoms with Crippen molar-refractivity contribution in [2.24, 2.45) is 5.41 Å². The first-order valence-electron chi connectivity index (χ1n) is 10.7. The summed E-state index contributed by atoms with van der Waals surface area (Å²) in [6.45, 7) is 10.1. The fourth-order valence-corrected chi connectivity index (χ4v) is 5.33. The lowest BCUT2D eigenvalue weighted by atomic mass is 9.76. The Bertz CT molecular complexity index is 905. The van der Waals surface area contributed by atoms with Crippen molar-refractivity contribution in [1.82, 2.24) is 0 Å². The van der Waals surface area contributed by atoms with Gasteiger partial charge in [0.25, 0.3) is 0 Å². The van der Waals surface area contributed by atoms with Crippen LogP contribution < -0.4 is 9.80 Å². The maximum absolute atomic E-state index is 9.13. The minimum absolute atomic E-state index is 0.383. The molecule has 29 heavy (non-hydrogen) atoms. The molecule has 2 aliphatic rings. The van der Waals surface area contributed by atoms with E-state index in [1.807, 2.05) is 18.2 Å². The molecule has 0 radical (unpaired) electrons. The second-order valence-electron chi connectivity index (χ2n) is 9.19. The Labute approximate surface area is 179 Å². The van der Waals surface area contributed by atoms with Crippen LogP contribution in [0, 0.1) is 16.7 Å². The first-order valence-corrected chi connectivity index (χ1v) is 11.1. The fraction of sp³-hybridized carbons (Fsp3) is 0.480. The average Bonchev–Trinajstić information content (AvgIpc) is 3.04. The molecule has 2 aromatic carbocycles. The highest BCUT2D eigenvalue weighted by atomic mass is 35.5. The van der Waals surface area contributed by atoms with Gasteiger partial charge in [0, 0.05) is 37.1 Å². The smallest absolute Gasteiger partial charge is 0.101 e. The zero-order chi connectivity index (χ0) is 20.6. The first-order chi connectivity index (χ1) is 13.9. The maximum Gasteiger partial charge on any atom is 0.101 e. The Hall–Kier alpha value is -2.18. The van der Waals surface area contributed by atoms with Crippen LogP contribution in [-0.4, -0.2) is 25.7 Å². The van der Waals surface area contributed by atoms with Crippen LogP contribution in [-0.2, 0) is 0 Å². The summed E-state index contributed by atoms with van der Waals surface area (Å²) in [6.07, 6.45) is 3.68. The normalized spacial score (nSPS) is 21.0. The Balaban J connectivity index is 1.43. The molecule has 4 rings (SSSR count). The topological polar surface area (TPSA) is 30.3 Å². The van der Waals surface area contributed by atoms with E-state index in [0.29, 0.717) is 28.0 Å². The molecule has 0 N–H and O–H groups in total. The Morgan fingerprint density at radius 1 is 1.07 bits per heavy atom. The van der Waals surface area contributed by atoms with E-state index in [9.17, 15) is 0 Å². The van der Waals surface area contributed by atoms with Gasteiger partial charge in [0.05, 0.1) is 10.6 Å². The van der Waals surface area contributed by atoms with Crippen LogP contribution in [0.2, 0.25) is 5.02 Å². The third kappa shape index (κ3) is 3.96. The Kier molecular flexibility index (Phi) is 5.49. The van der Waals surface area contributed by atoms with Crippen LogP contribution in [0.5, 0.6) is 0 Å². The number of rotatable bonds is 3. The molecule has 1 atom stereocenters. The number of piperidine rings is 1. The van der Waals surface area contributed by atoms with Gasteiger partial charge in [-0.3, -0.25) is 0 Å². The number of nitrogens with zero attached hydrogens (tertiary/aromatic N) is 3. The van der Waals surface area contributed by atoms with Crippen LogP contribution in [0.4, 0.5) is 11.4 Å². The fourth-order valence-electron chi connectivity index (χ4n) is 5.11. The molecule has 4 heteroatoms. The first kappa shape index (κ1) is 20.1.